The summed E-state index contributed by atoms with van der Waals surface area (Å²) in [4.78, 5) is 0.224. The smallest absolute Gasteiger partial charge is 0.265 e. The van der Waals surface area contributed by atoms with Gasteiger partial charge < -0.3 is 4.74 Å². The zero-order valence-electron chi connectivity index (χ0n) is 14.2. The standard InChI is InChI=1S/C15H23N5O3S/c1-11-15(12(2)19(3)17-11)24(21,22)18-14-8-16-20(10-14)9-13-4-6-23-7-5-13/h8,10,13,18H,4-7,9H2,1-3H3. The first-order chi connectivity index (χ1) is 11.4. The molecule has 0 spiro atoms. The molecule has 0 radical (unpaired) electrons. The van der Waals surface area contributed by atoms with Crippen LogP contribution < -0.4 is 4.72 Å². The second-order valence-electron chi connectivity index (χ2n) is 6.24. The van der Waals surface area contributed by atoms with E-state index in [0.29, 0.717) is 23.0 Å². The molecular formula is C15H23N5O3S. The molecule has 0 bridgehead atoms. The summed E-state index contributed by atoms with van der Waals surface area (Å²) in [5.41, 5.74) is 1.55. The molecule has 132 valence electrons. The Morgan fingerprint density at radius 1 is 1.33 bits per heavy atom. The summed E-state index contributed by atoms with van der Waals surface area (Å²) >= 11 is 0. The number of hydrogen-bond donors (Lipinski definition) is 1. The molecule has 1 aliphatic rings. The average molecular weight is 353 g/mol. The van der Waals surface area contributed by atoms with Gasteiger partial charge in [-0.3, -0.25) is 14.1 Å². The molecule has 1 aliphatic heterocycles. The summed E-state index contributed by atoms with van der Waals surface area (Å²) in [5, 5.41) is 8.43. The molecule has 0 amide bonds. The molecule has 24 heavy (non-hydrogen) atoms. The van der Waals surface area contributed by atoms with Crippen molar-refractivity contribution < 1.29 is 13.2 Å². The van der Waals surface area contributed by atoms with Crippen molar-refractivity contribution in [3.8, 4) is 0 Å². The van der Waals surface area contributed by atoms with Gasteiger partial charge in [0.2, 0.25) is 0 Å². The highest BCUT2D eigenvalue weighted by atomic mass is 32.2. The Kier molecular flexibility index (Phi) is 4.64. The maximum atomic E-state index is 12.6. The van der Waals surface area contributed by atoms with Gasteiger partial charge in [-0.05, 0) is 32.6 Å². The molecule has 3 heterocycles. The van der Waals surface area contributed by atoms with E-state index in [-0.39, 0.29) is 4.90 Å². The predicted octanol–water partition coefficient (Wildman–Crippen LogP) is 1.46. The summed E-state index contributed by atoms with van der Waals surface area (Å²) in [7, 11) is -1.95. The van der Waals surface area contributed by atoms with E-state index in [4.69, 9.17) is 4.74 Å². The Bertz CT molecular complexity index is 818. The molecule has 0 aromatic carbocycles. The first-order valence-electron chi connectivity index (χ1n) is 8.00. The van der Waals surface area contributed by atoms with Crippen molar-refractivity contribution in [2.45, 2.75) is 38.1 Å². The third kappa shape index (κ3) is 3.46. The lowest BCUT2D eigenvalue weighted by molar-refractivity contribution is 0.0601. The van der Waals surface area contributed by atoms with Crippen LogP contribution in [0.4, 0.5) is 5.69 Å². The topological polar surface area (TPSA) is 91.0 Å². The van der Waals surface area contributed by atoms with Gasteiger partial charge in [-0.15, -0.1) is 0 Å². The van der Waals surface area contributed by atoms with Gasteiger partial charge in [0.1, 0.15) is 4.90 Å². The molecule has 0 atom stereocenters. The van der Waals surface area contributed by atoms with Crippen LogP contribution in [0.3, 0.4) is 0 Å². The van der Waals surface area contributed by atoms with Gasteiger partial charge in [0, 0.05) is 33.0 Å². The van der Waals surface area contributed by atoms with Crippen LogP contribution in [0.1, 0.15) is 24.2 Å². The van der Waals surface area contributed by atoms with Gasteiger partial charge >= 0.3 is 0 Å². The summed E-state index contributed by atoms with van der Waals surface area (Å²) in [5.74, 6) is 0.519. The van der Waals surface area contributed by atoms with Gasteiger partial charge in [0.05, 0.1) is 23.3 Å². The summed E-state index contributed by atoms with van der Waals surface area (Å²) < 4.78 is 36.6. The lowest BCUT2D eigenvalue weighted by Crippen LogP contribution is -2.20. The lowest BCUT2D eigenvalue weighted by Gasteiger charge is -2.21. The first kappa shape index (κ1) is 17.0. The number of rotatable bonds is 5. The van der Waals surface area contributed by atoms with Crippen LogP contribution in [0.25, 0.3) is 0 Å². The van der Waals surface area contributed by atoms with Crippen LogP contribution in [0.5, 0.6) is 0 Å². The molecule has 0 unspecified atom stereocenters. The molecule has 3 rings (SSSR count). The van der Waals surface area contributed by atoms with E-state index in [1.165, 1.54) is 6.20 Å². The monoisotopic (exact) mass is 353 g/mol. The minimum atomic E-state index is -3.68. The number of nitrogens with one attached hydrogen (secondary N) is 1. The Morgan fingerprint density at radius 2 is 2.04 bits per heavy atom. The average Bonchev–Trinajstić information content (AvgIpc) is 3.04. The van der Waals surface area contributed by atoms with E-state index in [1.807, 2.05) is 0 Å². The largest absolute Gasteiger partial charge is 0.381 e. The van der Waals surface area contributed by atoms with E-state index < -0.39 is 10.0 Å². The fourth-order valence-electron chi connectivity index (χ4n) is 3.06. The maximum Gasteiger partial charge on any atom is 0.265 e. The van der Waals surface area contributed by atoms with E-state index >= 15 is 0 Å². The fourth-order valence-corrected chi connectivity index (χ4v) is 4.53. The molecule has 1 N–H and O–H groups in total. The number of sulfonamides is 1. The van der Waals surface area contributed by atoms with Crippen LogP contribution in [-0.4, -0.2) is 41.2 Å². The van der Waals surface area contributed by atoms with Crippen LogP contribution in [0.15, 0.2) is 17.3 Å². The molecule has 0 saturated carbocycles. The van der Waals surface area contributed by atoms with E-state index in [9.17, 15) is 8.42 Å². The Labute approximate surface area is 141 Å². The van der Waals surface area contributed by atoms with E-state index in [2.05, 4.69) is 14.9 Å². The Balaban J connectivity index is 1.73. The molecule has 2 aromatic rings. The van der Waals surface area contributed by atoms with Crippen LogP contribution in [0, 0.1) is 19.8 Å². The highest BCUT2D eigenvalue weighted by molar-refractivity contribution is 7.92. The van der Waals surface area contributed by atoms with Gasteiger partial charge in [-0.25, -0.2) is 8.42 Å². The first-order valence-corrected chi connectivity index (χ1v) is 9.48. The van der Waals surface area contributed by atoms with Crippen molar-refractivity contribution in [2.75, 3.05) is 17.9 Å². The van der Waals surface area contributed by atoms with Gasteiger partial charge in [0.25, 0.3) is 10.0 Å². The minimum absolute atomic E-state index is 0.224. The van der Waals surface area contributed by atoms with Crippen molar-refractivity contribution in [1.29, 1.82) is 0 Å². The van der Waals surface area contributed by atoms with Crippen molar-refractivity contribution in [2.24, 2.45) is 13.0 Å². The molecule has 9 heteroatoms. The minimum Gasteiger partial charge on any atom is -0.381 e. The van der Waals surface area contributed by atoms with Crippen molar-refractivity contribution in [3.05, 3.63) is 23.8 Å². The lowest BCUT2D eigenvalue weighted by atomic mass is 10.0. The molecular weight excluding hydrogens is 330 g/mol. The highest BCUT2D eigenvalue weighted by Crippen LogP contribution is 2.22. The molecule has 8 nitrogen and oxygen atoms in total. The van der Waals surface area contributed by atoms with Crippen molar-refractivity contribution >= 4 is 15.7 Å². The van der Waals surface area contributed by atoms with E-state index in [1.54, 1.807) is 36.5 Å². The number of nitrogens with zero attached hydrogens (tertiary/aromatic N) is 4. The summed E-state index contributed by atoms with van der Waals surface area (Å²) in [6.07, 6.45) is 5.29. The van der Waals surface area contributed by atoms with Gasteiger partial charge in [-0.2, -0.15) is 10.2 Å². The third-order valence-corrected chi connectivity index (χ3v) is 6.02. The highest BCUT2D eigenvalue weighted by Gasteiger charge is 2.24. The van der Waals surface area contributed by atoms with Crippen molar-refractivity contribution in [3.63, 3.8) is 0 Å². The zero-order chi connectivity index (χ0) is 17.3. The van der Waals surface area contributed by atoms with E-state index in [0.717, 1.165) is 32.6 Å². The Morgan fingerprint density at radius 3 is 2.67 bits per heavy atom. The molecule has 0 aliphatic carbocycles. The summed E-state index contributed by atoms with van der Waals surface area (Å²) in [6, 6.07) is 0. The summed E-state index contributed by atoms with van der Waals surface area (Å²) in [6.45, 7) is 5.77. The second-order valence-corrected chi connectivity index (χ2v) is 7.86. The molecule has 2 aromatic heterocycles. The number of ether oxygens (including phenoxy) is 1. The van der Waals surface area contributed by atoms with Crippen LogP contribution in [0.2, 0.25) is 0 Å². The number of anilines is 1. The number of hydrogen-bond acceptors (Lipinski definition) is 5. The number of aromatic nitrogens is 4. The quantitative estimate of drug-likeness (QED) is 0.879. The van der Waals surface area contributed by atoms with Gasteiger partial charge in [-0.1, -0.05) is 0 Å². The van der Waals surface area contributed by atoms with Crippen LogP contribution >= 0.6 is 0 Å². The normalized spacial score (nSPS) is 16.5. The molecule has 1 fully saturated rings. The number of aryl methyl sites for hydroxylation is 2. The SMILES string of the molecule is Cc1nn(C)c(C)c1S(=O)(=O)Nc1cnn(CC2CCOCC2)c1. The zero-order valence-corrected chi connectivity index (χ0v) is 15.0. The van der Waals surface area contributed by atoms with Crippen LogP contribution in [-0.2, 0) is 28.4 Å². The predicted molar refractivity (Wildman–Crippen MR) is 89.3 cm³/mol. The third-order valence-electron chi connectivity index (χ3n) is 4.38. The maximum absolute atomic E-state index is 12.6. The fraction of sp³-hybridized carbons (Fsp3) is 0.600. The second kappa shape index (κ2) is 6.56. The Hall–Kier alpha value is -1.87. The van der Waals surface area contributed by atoms with Gasteiger partial charge in [0.15, 0.2) is 0 Å². The molecule has 1 saturated heterocycles. The van der Waals surface area contributed by atoms with Crippen molar-refractivity contribution in [1.82, 2.24) is 19.6 Å².